The SMILES string of the molecule is COCC1CN(c2c(OC)cccc2[N+](=O)[O-])CCO1. The van der Waals surface area contributed by atoms with Crippen LogP contribution in [0.5, 0.6) is 5.75 Å². The van der Waals surface area contributed by atoms with Crippen LogP contribution in [0.1, 0.15) is 0 Å². The third kappa shape index (κ3) is 3.00. The highest BCUT2D eigenvalue weighted by Crippen LogP contribution is 2.38. The van der Waals surface area contributed by atoms with Crippen LogP contribution in [0, 0.1) is 10.1 Å². The summed E-state index contributed by atoms with van der Waals surface area (Å²) in [6.07, 6.45) is -0.0988. The number of hydrogen-bond donors (Lipinski definition) is 0. The van der Waals surface area contributed by atoms with Gasteiger partial charge in [-0.25, -0.2) is 0 Å². The summed E-state index contributed by atoms with van der Waals surface area (Å²) in [7, 11) is 3.11. The van der Waals surface area contributed by atoms with Crippen LogP contribution in [0.3, 0.4) is 0 Å². The van der Waals surface area contributed by atoms with Crippen LogP contribution in [-0.2, 0) is 9.47 Å². The van der Waals surface area contributed by atoms with Crippen LogP contribution in [0.2, 0.25) is 0 Å². The molecule has 1 unspecified atom stereocenters. The van der Waals surface area contributed by atoms with Crippen LogP contribution >= 0.6 is 0 Å². The molecule has 0 amide bonds. The van der Waals surface area contributed by atoms with E-state index in [1.807, 2.05) is 4.90 Å². The van der Waals surface area contributed by atoms with Crippen molar-refractivity contribution in [2.45, 2.75) is 6.10 Å². The molecule has 1 aromatic carbocycles. The van der Waals surface area contributed by atoms with E-state index >= 15 is 0 Å². The summed E-state index contributed by atoms with van der Waals surface area (Å²) in [6, 6.07) is 4.83. The average molecular weight is 282 g/mol. The first-order chi connectivity index (χ1) is 9.67. The molecule has 0 aromatic heterocycles. The first kappa shape index (κ1) is 14.5. The second-order valence-electron chi connectivity index (χ2n) is 4.48. The molecule has 1 aliphatic heterocycles. The van der Waals surface area contributed by atoms with Crippen molar-refractivity contribution in [1.82, 2.24) is 0 Å². The summed E-state index contributed by atoms with van der Waals surface area (Å²) in [6.45, 7) is 2.08. The molecule has 1 heterocycles. The molecular weight excluding hydrogens is 264 g/mol. The molecule has 0 N–H and O–H groups in total. The van der Waals surface area contributed by atoms with Crippen molar-refractivity contribution >= 4 is 11.4 Å². The zero-order valence-electron chi connectivity index (χ0n) is 11.6. The van der Waals surface area contributed by atoms with Crippen molar-refractivity contribution in [2.24, 2.45) is 0 Å². The number of morpholine rings is 1. The quantitative estimate of drug-likeness (QED) is 0.601. The van der Waals surface area contributed by atoms with E-state index < -0.39 is 4.92 Å². The predicted octanol–water partition coefficient (Wildman–Crippen LogP) is 1.45. The van der Waals surface area contributed by atoms with Gasteiger partial charge in [-0.3, -0.25) is 10.1 Å². The van der Waals surface area contributed by atoms with Gasteiger partial charge in [0.25, 0.3) is 5.69 Å². The maximum absolute atomic E-state index is 11.2. The summed E-state index contributed by atoms with van der Waals surface area (Å²) in [5, 5.41) is 11.2. The van der Waals surface area contributed by atoms with Crippen molar-refractivity contribution in [2.75, 3.05) is 45.4 Å². The second-order valence-corrected chi connectivity index (χ2v) is 4.48. The molecule has 2 rings (SSSR count). The number of methoxy groups -OCH3 is 2. The molecule has 7 nitrogen and oxygen atoms in total. The van der Waals surface area contributed by atoms with Crippen molar-refractivity contribution in [1.29, 1.82) is 0 Å². The van der Waals surface area contributed by atoms with Gasteiger partial charge in [0.15, 0.2) is 5.69 Å². The number of rotatable bonds is 5. The molecule has 0 bridgehead atoms. The van der Waals surface area contributed by atoms with E-state index in [4.69, 9.17) is 14.2 Å². The van der Waals surface area contributed by atoms with Gasteiger partial charge in [0, 0.05) is 26.3 Å². The molecule has 1 aliphatic rings. The van der Waals surface area contributed by atoms with Gasteiger partial charge >= 0.3 is 0 Å². The zero-order chi connectivity index (χ0) is 14.5. The fraction of sp³-hybridized carbons (Fsp3) is 0.538. The van der Waals surface area contributed by atoms with E-state index in [2.05, 4.69) is 0 Å². The molecule has 1 atom stereocenters. The van der Waals surface area contributed by atoms with E-state index in [1.165, 1.54) is 13.2 Å². The zero-order valence-corrected chi connectivity index (χ0v) is 11.6. The summed E-state index contributed by atoms with van der Waals surface area (Å²) < 4.78 is 15.9. The Balaban J connectivity index is 2.32. The Bertz CT molecular complexity index is 478. The van der Waals surface area contributed by atoms with E-state index in [0.717, 1.165) is 0 Å². The van der Waals surface area contributed by atoms with Gasteiger partial charge in [0.1, 0.15) is 5.75 Å². The van der Waals surface area contributed by atoms with E-state index in [0.29, 0.717) is 37.7 Å². The van der Waals surface area contributed by atoms with Gasteiger partial charge in [-0.1, -0.05) is 6.07 Å². The first-order valence-electron chi connectivity index (χ1n) is 6.34. The molecule has 1 fully saturated rings. The Morgan fingerprint density at radius 3 is 2.95 bits per heavy atom. The molecule has 0 aliphatic carbocycles. The molecule has 7 heteroatoms. The van der Waals surface area contributed by atoms with Crippen molar-refractivity contribution < 1.29 is 19.1 Å². The maximum Gasteiger partial charge on any atom is 0.296 e. The first-order valence-corrected chi connectivity index (χ1v) is 6.34. The predicted molar refractivity (Wildman–Crippen MR) is 73.5 cm³/mol. The molecule has 1 saturated heterocycles. The summed E-state index contributed by atoms with van der Waals surface area (Å²) in [5.41, 5.74) is 0.548. The second kappa shape index (κ2) is 6.53. The normalized spacial score (nSPS) is 18.9. The minimum Gasteiger partial charge on any atom is -0.494 e. The molecule has 0 spiro atoms. The van der Waals surface area contributed by atoms with Crippen LogP contribution in [0.4, 0.5) is 11.4 Å². The highest BCUT2D eigenvalue weighted by Gasteiger charge is 2.28. The number of ether oxygens (including phenoxy) is 3. The summed E-state index contributed by atoms with van der Waals surface area (Å²) in [5.74, 6) is 0.497. The van der Waals surface area contributed by atoms with Gasteiger partial charge in [-0.15, -0.1) is 0 Å². The lowest BCUT2D eigenvalue weighted by molar-refractivity contribution is -0.384. The van der Waals surface area contributed by atoms with Gasteiger partial charge in [-0.2, -0.15) is 0 Å². The summed E-state index contributed by atoms with van der Waals surface area (Å²) >= 11 is 0. The number of nitro benzene ring substituents is 1. The van der Waals surface area contributed by atoms with Crippen LogP contribution < -0.4 is 9.64 Å². The van der Waals surface area contributed by atoms with Crippen molar-refractivity contribution in [3.63, 3.8) is 0 Å². The minimum absolute atomic E-state index is 0.0439. The third-order valence-electron chi connectivity index (χ3n) is 3.20. The van der Waals surface area contributed by atoms with Crippen LogP contribution in [0.15, 0.2) is 18.2 Å². The van der Waals surface area contributed by atoms with Gasteiger partial charge < -0.3 is 19.1 Å². The number of hydrogen-bond acceptors (Lipinski definition) is 6. The minimum atomic E-state index is -0.390. The molecule has 1 aromatic rings. The summed E-state index contributed by atoms with van der Waals surface area (Å²) in [4.78, 5) is 12.7. The highest BCUT2D eigenvalue weighted by atomic mass is 16.6. The fourth-order valence-corrected chi connectivity index (χ4v) is 2.35. The average Bonchev–Trinajstić information content (AvgIpc) is 2.47. The number of nitro groups is 1. The molecule has 0 saturated carbocycles. The number of nitrogens with zero attached hydrogens (tertiary/aromatic N) is 2. The Morgan fingerprint density at radius 2 is 2.30 bits per heavy atom. The fourth-order valence-electron chi connectivity index (χ4n) is 2.35. The van der Waals surface area contributed by atoms with E-state index in [1.54, 1.807) is 19.2 Å². The lowest BCUT2D eigenvalue weighted by Gasteiger charge is -2.34. The number of para-hydroxylation sites is 1. The van der Waals surface area contributed by atoms with Crippen LogP contribution in [0.25, 0.3) is 0 Å². The lowest BCUT2D eigenvalue weighted by Crippen LogP contribution is -2.44. The van der Waals surface area contributed by atoms with E-state index in [9.17, 15) is 10.1 Å². The van der Waals surface area contributed by atoms with Gasteiger partial charge in [0.05, 0.1) is 31.4 Å². The van der Waals surface area contributed by atoms with E-state index in [-0.39, 0.29) is 11.8 Å². The monoisotopic (exact) mass is 282 g/mol. The Hall–Kier alpha value is -1.86. The smallest absolute Gasteiger partial charge is 0.296 e. The molecule has 20 heavy (non-hydrogen) atoms. The Kier molecular flexibility index (Phi) is 4.75. The van der Waals surface area contributed by atoms with Gasteiger partial charge in [0.2, 0.25) is 0 Å². The highest BCUT2D eigenvalue weighted by molar-refractivity contribution is 5.71. The van der Waals surface area contributed by atoms with Crippen molar-refractivity contribution in [3.8, 4) is 5.75 Å². The lowest BCUT2D eigenvalue weighted by atomic mass is 10.2. The topological polar surface area (TPSA) is 74.1 Å². The molecule has 0 radical (unpaired) electrons. The standard InChI is InChI=1S/C13H18N2O5/c1-18-9-10-8-14(6-7-20-10)13-11(15(16)17)4-3-5-12(13)19-2/h3-5,10H,6-9H2,1-2H3. The Morgan fingerprint density at radius 1 is 1.50 bits per heavy atom. The molecular formula is C13H18N2O5. The van der Waals surface area contributed by atoms with Gasteiger partial charge in [-0.05, 0) is 6.07 Å². The van der Waals surface area contributed by atoms with Crippen molar-refractivity contribution in [3.05, 3.63) is 28.3 Å². The number of benzene rings is 1. The largest absolute Gasteiger partial charge is 0.494 e. The molecule has 110 valence electrons. The third-order valence-corrected chi connectivity index (χ3v) is 3.20. The van der Waals surface area contributed by atoms with Crippen LogP contribution in [-0.4, -0.2) is 51.6 Å². The number of anilines is 1. The Labute approximate surface area is 117 Å². The maximum atomic E-state index is 11.2.